The fraction of sp³-hybridized carbons (Fsp3) is 0.100. The Labute approximate surface area is 81.4 Å². The van der Waals surface area contributed by atoms with Crippen molar-refractivity contribution in [3.63, 3.8) is 0 Å². The summed E-state index contributed by atoms with van der Waals surface area (Å²) in [7, 11) is 0. The number of rotatable bonds is 0. The molecule has 2 aromatic rings. The summed E-state index contributed by atoms with van der Waals surface area (Å²) in [5, 5.41) is 8.58. The lowest BCUT2D eigenvalue weighted by Crippen LogP contribution is -1.80. The molecule has 0 bridgehead atoms. The van der Waals surface area contributed by atoms with Crippen LogP contribution in [-0.4, -0.2) is 16.1 Å². The fourth-order valence-corrected chi connectivity index (χ4v) is 1.10. The molecule has 2 rings (SSSR count). The zero-order valence-electron chi connectivity index (χ0n) is 7.82. The third kappa shape index (κ3) is 2.82. The van der Waals surface area contributed by atoms with Gasteiger partial charge >= 0.3 is 0 Å². The van der Waals surface area contributed by atoms with Gasteiger partial charge in [-0.25, -0.2) is 0 Å². The largest absolute Gasteiger partial charge is 0.481 e. The van der Waals surface area contributed by atoms with E-state index in [-0.39, 0.29) is 0 Å². The summed E-state index contributed by atoms with van der Waals surface area (Å²) in [6.07, 6.45) is 0. The number of anilines is 1. The lowest BCUT2D eigenvalue weighted by atomic mass is 10.3. The van der Waals surface area contributed by atoms with E-state index in [0.717, 1.165) is 18.3 Å². The van der Waals surface area contributed by atoms with Gasteiger partial charge in [0.1, 0.15) is 5.82 Å². The predicted molar refractivity (Wildman–Crippen MR) is 56.0 cm³/mol. The Morgan fingerprint density at radius 1 is 1.43 bits per heavy atom. The van der Waals surface area contributed by atoms with Crippen LogP contribution in [0, 0.1) is 0 Å². The molecule has 4 nitrogen and oxygen atoms in total. The molecule has 74 valence electrons. The number of benzene rings is 1. The number of aromatic nitrogens is 1. The van der Waals surface area contributed by atoms with E-state index in [0.29, 0.717) is 0 Å². The van der Waals surface area contributed by atoms with Crippen molar-refractivity contribution in [2.75, 3.05) is 5.73 Å². The van der Waals surface area contributed by atoms with Gasteiger partial charge in [-0.2, -0.15) is 0 Å². The van der Waals surface area contributed by atoms with Crippen molar-refractivity contribution in [3.05, 3.63) is 30.3 Å². The number of nitrogen functional groups attached to an aromatic ring is 1. The highest BCUT2D eigenvalue weighted by molar-refractivity contribution is 5.82. The lowest BCUT2D eigenvalue weighted by molar-refractivity contribution is -0.134. The van der Waals surface area contributed by atoms with Gasteiger partial charge in [0.25, 0.3) is 5.97 Å². The van der Waals surface area contributed by atoms with E-state index in [4.69, 9.17) is 15.6 Å². The van der Waals surface area contributed by atoms with E-state index in [9.17, 15) is 0 Å². The standard InChI is InChI=1S/C8H8N2.C2H4O2/c9-8-5-6-3-1-2-4-7(6)10-8;1-2(3)4/h1-5,10H,9H2;1H3,(H,3,4). The Balaban J connectivity index is 0.000000213. The zero-order chi connectivity index (χ0) is 10.6. The maximum Gasteiger partial charge on any atom is 0.300 e. The molecule has 4 N–H and O–H groups in total. The molecule has 0 aliphatic heterocycles. The van der Waals surface area contributed by atoms with E-state index < -0.39 is 5.97 Å². The van der Waals surface area contributed by atoms with Crippen LogP contribution >= 0.6 is 0 Å². The number of aromatic amines is 1. The van der Waals surface area contributed by atoms with Gasteiger partial charge in [0.05, 0.1) is 0 Å². The summed E-state index contributed by atoms with van der Waals surface area (Å²) >= 11 is 0. The topological polar surface area (TPSA) is 79.1 Å². The molecule has 0 radical (unpaired) electrons. The van der Waals surface area contributed by atoms with E-state index in [1.165, 1.54) is 5.39 Å². The van der Waals surface area contributed by atoms with Crippen molar-refractivity contribution in [2.24, 2.45) is 0 Å². The number of aliphatic carboxylic acids is 1. The van der Waals surface area contributed by atoms with Gasteiger partial charge in [-0.05, 0) is 12.1 Å². The van der Waals surface area contributed by atoms with E-state index in [2.05, 4.69) is 4.98 Å². The average Bonchev–Trinajstić information content (AvgIpc) is 2.42. The van der Waals surface area contributed by atoms with Crippen LogP contribution in [0.15, 0.2) is 30.3 Å². The van der Waals surface area contributed by atoms with Gasteiger partial charge in [-0.15, -0.1) is 0 Å². The van der Waals surface area contributed by atoms with Crippen molar-refractivity contribution in [2.45, 2.75) is 6.92 Å². The molecule has 0 saturated carbocycles. The highest BCUT2D eigenvalue weighted by atomic mass is 16.4. The van der Waals surface area contributed by atoms with Crippen molar-refractivity contribution in [3.8, 4) is 0 Å². The third-order valence-corrected chi connectivity index (χ3v) is 1.55. The van der Waals surface area contributed by atoms with Crippen molar-refractivity contribution >= 4 is 22.7 Å². The normalized spacial score (nSPS) is 9.21. The molecule has 4 heteroatoms. The second-order valence-corrected chi connectivity index (χ2v) is 2.83. The molecular weight excluding hydrogens is 180 g/mol. The second kappa shape index (κ2) is 4.32. The molecule has 0 saturated heterocycles. The first kappa shape index (κ1) is 10.1. The summed E-state index contributed by atoms with van der Waals surface area (Å²) in [6.45, 7) is 1.08. The number of nitrogens with one attached hydrogen (secondary N) is 1. The van der Waals surface area contributed by atoms with Crippen molar-refractivity contribution < 1.29 is 9.90 Å². The van der Waals surface area contributed by atoms with Crippen molar-refractivity contribution in [1.29, 1.82) is 0 Å². The number of hydrogen-bond acceptors (Lipinski definition) is 2. The van der Waals surface area contributed by atoms with Crippen LogP contribution in [-0.2, 0) is 4.79 Å². The van der Waals surface area contributed by atoms with Gasteiger partial charge in [0, 0.05) is 17.8 Å². The molecule has 0 spiro atoms. The highest BCUT2D eigenvalue weighted by Crippen LogP contribution is 2.14. The van der Waals surface area contributed by atoms with Gasteiger partial charge in [0.15, 0.2) is 0 Å². The van der Waals surface area contributed by atoms with Crippen molar-refractivity contribution in [1.82, 2.24) is 4.98 Å². The number of H-pyrrole nitrogens is 1. The molecule has 1 heterocycles. The highest BCUT2D eigenvalue weighted by Gasteiger charge is 1.92. The predicted octanol–water partition coefficient (Wildman–Crippen LogP) is 1.84. The number of fused-ring (bicyclic) bond motifs is 1. The molecule has 0 amide bonds. The minimum atomic E-state index is -0.833. The quantitative estimate of drug-likeness (QED) is 0.595. The van der Waals surface area contributed by atoms with Gasteiger partial charge in [-0.3, -0.25) is 4.79 Å². The molecule has 1 aromatic heterocycles. The number of carboxylic acids is 1. The number of hydrogen-bond donors (Lipinski definition) is 3. The van der Waals surface area contributed by atoms with Crippen LogP contribution < -0.4 is 5.73 Å². The molecular formula is C10H12N2O2. The van der Waals surface area contributed by atoms with Gasteiger partial charge in [-0.1, -0.05) is 18.2 Å². The molecule has 0 aliphatic carbocycles. The summed E-state index contributed by atoms with van der Waals surface area (Å²) in [4.78, 5) is 12.0. The Morgan fingerprint density at radius 2 is 2.00 bits per heavy atom. The molecule has 0 aliphatic rings. The Hall–Kier alpha value is -1.97. The average molecular weight is 192 g/mol. The molecule has 0 atom stereocenters. The smallest absolute Gasteiger partial charge is 0.300 e. The summed E-state index contributed by atoms with van der Waals surface area (Å²) in [6, 6.07) is 9.94. The van der Waals surface area contributed by atoms with Crippen LogP contribution in [0.4, 0.5) is 5.82 Å². The summed E-state index contributed by atoms with van der Waals surface area (Å²) < 4.78 is 0. The number of nitrogens with two attached hydrogens (primary N) is 1. The Bertz CT molecular complexity index is 397. The van der Waals surface area contributed by atoms with Gasteiger partial charge in [0.2, 0.25) is 0 Å². The second-order valence-electron chi connectivity index (χ2n) is 2.83. The lowest BCUT2D eigenvalue weighted by Gasteiger charge is -1.83. The molecule has 14 heavy (non-hydrogen) atoms. The van der Waals surface area contributed by atoms with Crippen LogP contribution in [0.5, 0.6) is 0 Å². The number of carbonyl (C=O) groups is 1. The molecule has 1 aromatic carbocycles. The van der Waals surface area contributed by atoms with Gasteiger partial charge < -0.3 is 15.8 Å². The third-order valence-electron chi connectivity index (χ3n) is 1.55. The van der Waals surface area contributed by atoms with E-state index in [1.54, 1.807) is 0 Å². The van der Waals surface area contributed by atoms with Crippen LogP contribution in [0.3, 0.4) is 0 Å². The maximum absolute atomic E-state index is 9.00. The SMILES string of the molecule is CC(=O)O.Nc1cc2ccccc2[nH]1. The summed E-state index contributed by atoms with van der Waals surface area (Å²) in [5.74, 6) is -0.110. The molecule has 0 fully saturated rings. The zero-order valence-corrected chi connectivity index (χ0v) is 7.82. The minimum absolute atomic E-state index is 0.723. The minimum Gasteiger partial charge on any atom is -0.481 e. The van der Waals surface area contributed by atoms with Crippen LogP contribution in [0.2, 0.25) is 0 Å². The van der Waals surface area contributed by atoms with Crippen LogP contribution in [0.25, 0.3) is 10.9 Å². The fourth-order valence-electron chi connectivity index (χ4n) is 1.10. The summed E-state index contributed by atoms with van der Waals surface area (Å²) in [5.41, 5.74) is 6.63. The Morgan fingerprint density at radius 3 is 2.57 bits per heavy atom. The van der Waals surface area contributed by atoms with E-state index in [1.807, 2.05) is 30.3 Å². The molecule has 0 unspecified atom stereocenters. The first-order valence-corrected chi connectivity index (χ1v) is 4.12. The van der Waals surface area contributed by atoms with E-state index >= 15 is 0 Å². The first-order valence-electron chi connectivity index (χ1n) is 4.12. The maximum atomic E-state index is 9.00. The Kier molecular flexibility index (Phi) is 3.12. The number of para-hydroxylation sites is 1. The monoisotopic (exact) mass is 192 g/mol. The number of carboxylic acid groups (broad SMARTS) is 1. The first-order chi connectivity index (χ1) is 6.59. The van der Waals surface area contributed by atoms with Crippen LogP contribution in [0.1, 0.15) is 6.92 Å².